The fraction of sp³-hybridized carbons (Fsp3) is 0.500. The summed E-state index contributed by atoms with van der Waals surface area (Å²) in [4.78, 5) is 29.5. The van der Waals surface area contributed by atoms with Gasteiger partial charge in [-0.25, -0.2) is 4.79 Å². The zero-order valence-electron chi connectivity index (χ0n) is 19.5. The number of ether oxygens (including phenoxy) is 2. The van der Waals surface area contributed by atoms with E-state index in [1.165, 1.54) is 0 Å². The first-order valence-electron chi connectivity index (χ1n) is 10.9. The highest BCUT2D eigenvalue weighted by Gasteiger charge is 2.26. The number of hydrogen-bond donors (Lipinski definition) is 1. The summed E-state index contributed by atoms with van der Waals surface area (Å²) in [5, 5.41) is 2.96. The van der Waals surface area contributed by atoms with Crippen molar-refractivity contribution in [1.29, 1.82) is 0 Å². The molecule has 3 amide bonds. The fourth-order valence-electron chi connectivity index (χ4n) is 3.41. The van der Waals surface area contributed by atoms with Gasteiger partial charge in [0.15, 0.2) is 11.5 Å². The molecule has 8 nitrogen and oxygen atoms in total. The molecule has 0 saturated carbocycles. The number of carbonyl (C=O) groups excluding carboxylic acids is 2. The summed E-state index contributed by atoms with van der Waals surface area (Å²) in [5.41, 5.74) is 0.513. The van der Waals surface area contributed by atoms with Crippen LogP contribution in [0.4, 0.5) is 4.79 Å². The van der Waals surface area contributed by atoms with Crippen LogP contribution in [0.15, 0.2) is 41.0 Å². The van der Waals surface area contributed by atoms with Crippen molar-refractivity contribution in [3.05, 3.63) is 47.9 Å². The summed E-state index contributed by atoms with van der Waals surface area (Å²) in [6.07, 6.45) is 1.58. The highest BCUT2D eigenvalue weighted by Crippen LogP contribution is 2.33. The summed E-state index contributed by atoms with van der Waals surface area (Å²) in [5.74, 6) is 2.09. The van der Waals surface area contributed by atoms with Crippen LogP contribution in [0.3, 0.4) is 0 Å². The van der Waals surface area contributed by atoms with E-state index >= 15 is 0 Å². The topological polar surface area (TPSA) is 84.2 Å². The van der Waals surface area contributed by atoms with Gasteiger partial charge in [-0.05, 0) is 56.5 Å². The number of rotatable bonds is 8. The van der Waals surface area contributed by atoms with Crippen molar-refractivity contribution in [3.8, 4) is 11.5 Å². The number of urea groups is 1. The summed E-state index contributed by atoms with van der Waals surface area (Å²) >= 11 is 0. The minimum atomic E-state index is -0.393. The molecule has 1 aliphatic rings. The van der Waals surface area contributed by atoms with Gasteiger partial charge in [0.2, 0.25) is 12.7 Å². The Bertz CT molecular complexity index is 918. The normalized spacial score (nSPS) is 12.7. The van der Waals surface area contributed by atoms with Crippen LogP contribution in [0.1, 0.15) is 45.9 Å². The molecular formula is C24H33N3O5. The Hall–Kier alpha value is -3.16. The van der Waals surface area contributed by atoms with Gasteiger partial charge in [0.05, 0.1) is 12.8 Å². The largest absolute Gasteiger partial charge is 0.467 e. The Kier molecular flexibility index (Phi) is 7.33. The fourth-order valence-corrected chi connectivity index (χ4v) is 3.41. The van der Waals surface area contributed by atoms with E-state index < -0.39 is 5.54 Å². The molecule has 0 atom stereocenters. The number of nitrogens with one attached hydrogen (secondary N) is 1. The third-order valence-electron chi connectivity index (χ3n) is 4.77. The van der Waals surface area contributed by atoms with Gasteiger partial charge in [-0.3, -0.25) is 4.79 Å². The zero-order valence-corrected chi connectivity index (χ0v) is 19.5. The monoisotopic (exact) mass is 443 g/mol. The van der Waals surface area contributed by atoms with Gasteiger partial charge in [-0.2, -0.15) is 0 Å². The summed E-state index contributed by atoms with van der Waals surface area (Å²) in [7, 11) is 0. The Morgan fingerprint density at radius 2 is 1.81 bits per heavy atom. The minimum Gasteiger partial charge on any atom is -0.467 e. The lowest BCUT2D eigenvalue weighted by atomic mass is 10.1. The maximum absolute atomic E-state index is 13.4. The maximum Gasteiger partial charge on any atom is 0.318 e. The lowest BCUT2D eigenvalue weighted by Gasteiger charge is -2.31. The smallest absolute Gasteiger partial charge is 0.318 e. The zero-order chi connectivity index (χ0) is 23.3. The van der Waals surface area contributed by atoms with E-state index in [9.17, 15) is 9.59 Å². The lowest BCUT2D eigenvalue weighted by Crippen LogP contribution is -2.52. The van der Waals surface area contributed by atoms with E-state index in [2.05, 4.69) is 5.32 Å². The molecule has 1 aromatic heterocycles. The van der Waals surface area contributed by atoms with Crippen molar-refractivity contribution in [2.75, 3.05) is 19.9 Å². The number of nitrogens with zero attached hydrogens (tertiary/aromatic N) is 2. The average Bonchev–Trinajstić information content (AvgIpc) is 3.36. The van der Waals surface area contributed by atoms with Crippen molar-refractivity contribution < 1.29 is 23.5 Å². The molecule has 0 fully saturated rings. The average molecular weight is 444 g/mol. The molecule has 0 unspecified atom stereocenters. The van der Waals surface area contributed by atoms with Crippen molar-refractivity contribution in [1.82, 2.24) is 15.1 Å². The van der Waals surface area contributed by atoms with Gasteiger partial charge < -0.3 is 29.0 Å². The number of furan rings is 1. The van der Waals surface area contributed by atoms with E-state index in [1.807, 2.05) is 58.9 Å². The van der Waals surface area contributed by atoms with E-state index in [0.29, 0.717) is 36.9 Å². The number of benzene rings is 1. The summed E-state index contributed by atoms with van der Waals surface area (Å²) in [6.45, 7) is 11.1. The predicted molar refractivity (Wildman–Crippen MR) is 120 cm³/mol. The van der Waals surface area contributed by atoms with Crippen LogP contribution in [0.2, 0.25) is 0 Å². The Morgan fingerprint density at radius 1 is 1.06 bits per heavy atom. The van der Waals surface area contributed by atoms with E-state index in [4.69, 9.17) is 13.9 Å². The van der Waals surface area contributed by atoms with Gasteiger partial charge in [-0.15, -0.1) is 0 Å². The van der Waals surface area contributed by atoms with Crippen LogP contribution < -0.4 is 14.8 Å². The molecule has 1 N–H and O–H groups in total. The molecule has 0 radical (unpaired) electrons. The van der Waals surface area contributed by atoms with E-state index in [0.717, 1.165) is 5.56 Å². The molecule has 2 heterocycles. The first-order chi connectivity index (χ1) is 15.1. The molecular weight excluding hydrogens is 410 g/mol. The SMILES string of the molecule is CC(C)CN(CC(=O)N(Cc1ccc2c(c1)OCO2)Cc1ccco1)C(=O)NC(C)(C)C. The molecule has 174 valence electrons. The first-order valence-corrected chi connectivity index (χ1v) is 10.9. The minimum absolute atomic E-state index is 0.0225. The second-order valence-electron chi connectivity index (χ2n) is 9.47. The molecule has 2 aromatic rings. The molecule has 0 saturated heterocycles. The number of fused-ring (bicyclic) bond motifs is 1. The van der Waals surface area contributed by atoms with Crippen LogP contribution in [0, 0.1) is 5.92 Å². The van der Waals surface area contributed by atoms with Crippen LogP contribution >= 0.6 is 0 Å². The van der Waals surface area contributed by atoms with Crippen molar-refractivity contribution in [2.24, 2.45) is 5.92 Å². The molecule has 1 aliphatic heterocycles. The molecule has 0 spiro atoms. The van der Waals surface area contributed by atoms with Crippen LogP contribution in [-0.4, -0.2) is 47.2 Å². The van der Waals surface area contributed by atoms with Gasteiger partial charge in [-0.1, -0.05) is 19.9 Å². The second kappa shape index (κ2) is 9.97. The van der Waals surface area contributed by atoms with Crippen LogP contribution in [0.25, 0.3) is 0 Å². The van der Waals surface area contributed by atoms with Crippen molar-refractivity contribution in [3.63, 3.8) is 0 Å². The molecule has 8 heteroatoms. The molecule has 1 aromatic carbocycles. The third kappa shape index (κ3) is 6.67. The van der Waals surface area contributed by atoms with Gasteiger partial charge in [0.25, 0.3) is 0 Å². The highest BCUT2D eigenvalue weighted by atomic mass is 16.7. The van der Waals surface area contributed by atoms with Crippen LogP contribution in [-0.2, 0) is 17.9 Å². The van der Waals surface area contributed by atoms with Gasteiger partial charge in [0, 0.05) is 18.6 Å². The van der Waals surface area contributed by atoms with E-state index in [1.54, 1.807) is 22.1 Å². The quantitative estimate of drug-likeness (QED) is 0.667. The molecule has 32 heavy (non-hydrogen) atoms. The molecule has 0 bridgehead atoms. The van der Waals surface area contributed by atoms with Gasteiger partial charge >= 0.3 is 6.03 Å². The summed E-state index contributed by atoms with van der Waals surface area (Å²) in [6, 6.07) is 9.01. The van der Waals surface area contributed by atoms with Gasteiger partial charge in [0.1, 0.15) is 12.3 Å². The molecule has 0 aliphatic carbocycles. The number of amides is 3. The first kappa shape index (κ1) is 23.5. The number of hydrogen-bond acceptors (Lipinski definition) is 5. The highest BCUT2D eigenvalue weighted by molar-refractivity contribution is 5.84. The Labute approximate surface area is 189 Å². The second-order valence-corrected chi connectivity index (χ2v) is 9.47. The number of carbonyl (C=O) groups is 2. The Balaban J connectivity index is 1.77. The predicted octanol–water partition coefficient (Wildman–Crippen LogP) is 4.00. The summed E-state index contributed by atoms with van der Waals surface area (Å²) < 4.78 is 16.3. The van der Waals surface area contributed by atoms with E-state index in [-0.39, 0.29) is 31.2 Å². The van der Waals surface area contributed by atoms with Crippen LogP contribution in [0.5, 0.6) is 11.5 Å². The lowest BCUT2D eigenvalue weighted by molar-refractivity contribution is -0.133. The standard InChI is InChI=1S/C24H33N3O5/c1-17(2)12-27(23(29)25-24(3,4)5)15-22(28)26(14-19-7-6-10-30-19)13-18-8-9-20-21(11-18)32-16-31-20/h6-11,17H,12-16H2,1-5H3,(H,25,29). The van der Waals surface area contributed by atoms with Crippen molar-refractivity contribution >= 4 is 11.9 Å². The van der Waals surface area contributed by atoms with Crippen molar-refractivity contribution in [2.45, 2.75) is 53.2 Å². The Morgan fingerprint density at radius 3 is 2.47 bits per heavy atom. The maximum atomic E-state index is 13.4. The third-order valence-corrected chi connectivity index (χ3v) is 4.77. The molecule has 3 rings (SSSR count).